The molecule has 1 aromatic heterocycles. The maximum Gasteiger partial charge on any atom is 0.416 e. The van der Waals surface area contributed by atoms with Gasteiger partial charge in [-0.25, -0.2) is 4.79 Å². The van der Waals surface area contributed by atoms with Crippen LogP contribution in [0.5, 0.6) is 17.2 Å². The Morgan fingerprint density at radius 1 is 1.00 bits per heavy atom. The number of hydrogen-bond acceptors (Lipinski definition) is 6. The first kappa shape index (κ1) is 26.8. The average Bonchev–Trinajstić information content (AvgIpc) is 2.86. The Balaban J connectivity index is 1.61. The molecule has 0 aliphatic heterocycles. The number of benzene rings is 2. The van der Waals surface area contributed by atoms with Gasteiger partial charge in [-0.05, 0) is 42.0 Å². The van der Waals surface area contributed by atoms with Crippen LogP contribution >= 0.6 is 0 Å². The summed E-state index contributed by atoms with van der Waals surface area (Å²) < 4.78 is 50.1. The first-order valence-corrected chi connectivity index (χ1v) is 10.7. The van der Waals surface area contributed by atoms with Crippen molar-refractivity contribution in [1.29, 1.82) is 0 Å². The van der Waals surface area contributed by atoms with Crippen molar-refractivity contribution in [2.45, 2.75) is 12.7 Å². The van der Waals surface area contributed by atoms with Gasteiger partial charge in [-0.3, -0.25) is 14.6 Å². The van der Waals surface area contributed by atoms with Gasteiger partial charge in [0.2, 0.25) is 0 Å². The van der Waals surface area contributed by atoms with Gasteiger partial charge in [0.15, 0.2) is 6.61 Å². The summed E-state index contributed by atoms with van der Waals surface area (Å²) in [6, 6.07) is 11.3. The van der Waals surface area contributed by atoms with E-state index < -0.39 is 30.3 Å². The number of amides is 4. The van der Waals surface area contributed by atoms with Crippen LogP contribution < -0.4 is 31.2 Å². The second kappa shape index (κ2) is 11.7. The van der Waals surface area contributed by atoms with Gasteiger partial charge in [-0.2, -0.15) is 13.2 Å². The summed E-state index contributed by atoms with van der Waals surface area (Å²) in [6.45, 7) is -0.540. The smallest absolute Gasteiger partial charge is 0.416 e. The summed E-state index contributed by atoms with van der Waals surface area (Å²) in [5.41, 5.74) is 4.57. The molecule has 2 aromatic carbocycles. The molecule has 10 nitrogen and oxygen atoms in total. The van der Waals surface area contributed by atoms with Crippen molar-refractivity contribution < 1.29 is 37.0 Å². The van der Waals surface area contributed by atoms with Crippen LogP contribution in [0.4, 0.5) is 23.7 Å². The molecule has 37 heavy (non-hydrogen) atoms. The monoisotopic (exact) mass is 517 g/mol. The summed E-state index contributed by atoms with van der Waals surface area (Å²) in [5.74, 6) is -0.490. The number of urea groups is 1. The number of alkyl halides is 3. The zero-order valence-corrected chi connectivity index (χ0v) is 19.4. The lowest BCUT2D eigenvalue weighted by atomic mass is 10.1. The first-order valence-electron chi connectivity index (χ1n) is 10.7. The van der Waals surface area contributed by atoms with Gasteiger partial charge in [-0.1, -0.05) is 12.1 Å². The number of anilines is 1. The van der Waals surface area contributed by atoms with Gasteiger partial charge < -0.3 is 31.2 Å². The Hall–Kier alpha value is -4.81. The van der Waals surface area contributed by atoms with Crippen molar-refractivity contribution >= 4 is 23.5 Å². The van der Waals surface area contributed by atoms with Gasteiger partial charge in [0.25, 0.3) is 11.8 Å². The standard InChI is InChI=1S/C24H22F3N5O5/c1-29-22(34)19-11-17(8-9-30-19)37-16-5-2-14(3-6-16)12-31-23(35)32-18-10-15(24(25,26)27)4-7-20(18)36-13-21(28)33/h2-11H,12-13H2,1H3,(H2,28,33)(H,29,34)(H2,31,32,35). The summed E-state index contributed by atoms with van der Waals surface area (Å²) in [4.78, 5) is 39.0. The minimum Gasteiger partial charge on any atom is -0.482 e. The van der Waals surface area contributed by atoms with E-state index in [0.29, 0.717) is 23.1 Å². The normalized spacial score (nSPS) is 10.8. The van der Waals surface area contributed by atoms with E-state index in [-0.39, 0.29) is 29.6 Å². The molecule has 0 radical (unpaired) electrons. The van der Waals surface area contributed by atoms with Gasteiger partial charge in [0.05, 0.1) is 11.3 Å². The zero-order valence-electron chi connectivity index (χ0n) is 19.4. The number of carbonyl (C=O) groups is 3. The number of nitrogens with zero attached hydrogens (tertiary/aromatic N) is 1. The topological polar surface area (TPSA) is 145 Å². The maximum atomic E-state index is 13.1. The van der Waals surface area contributed by atoms with Crippen LogP contribution in [0.2, 0.25) is 0 Å². The maximum absolute atomic E-state index is 13.1. The fraction of sp³-hybridized carbons (Fsp3) is 0.167. The van der Waals surface area contributed by atoms with Crippen molar-refractivity contribution in [3.05, 3.63) is 77.6 Å². The Kier molecular flexibility index (Phi) is 8.51. The Morgan fingerprint density at radius 2 is 1.73 bits per heavy atom. The van der Waals surface area contributed by atoms with Crippen molar-refractivity contribution in [2.24, 2.45) is 5.73 Å². The van der Waals surface area contributed by atoms with Gasteiger partial charge in [0.1, 0.15) is 22.9 Å². The molecule has 0 saturated carbocycles. The minimum absolute atomic E-state index is 0.0403. The van der Waals surface area contributed by atoms with Crippen molar-refractivity contribution in [1.82, 2.24) is 15.6 Å². The molecule has 13 heteroatoms. The number of pyridine rings is 1. The van der Waals surface area contributed by atoms with E-state index in [1.807, 2.05) is 0 Å². The van der Waals surface area contributed by atoms with Crippen LogP contribution in [0, 0.1) is 0 Å². The molecule has 0 unspecified atom stereocenters. The van der Waals surface area contributed by atoms with E-state index in [1.54, 1.807) is 30.3 Å². The lowest BCUT2D eigenvalue weighted by Gasteiger charge is -2.15. The Labute approximate surface area is 209 Å². The summed E-state index contributed by atoms with van der Waals surface area (Å²) in [5, 5.41) is 7.28. The van der Waals surface area contributed by atoms with Crippen LogP contribution in [0.25, 0.3) is 0 Å². The van der Waals surface area contributed by atoms with Crippen molar-refractivity contribution in [3.63, 3.8) is 0 Å². The first-order chi connectivity index (χ1) is 17.5. The van der Waals surface area contributed by atoms with Crippen LogP contribution in [0.3, 0.4) is 0 Å². The molecule has 0 atom stereocenters. The SMILES string of the molecule is CNC(=O)c1cc(Oc2ccc(CNC(=O)Nc3cc(C(F)(F)F)ccc3OCC(N)=O)cc2)ccn1. The molecule has 3 aromatic rings. The van der Waals surface area contributed by atoms with Crippen LogP contribution in [-0.2, 0) is 17.5 Å². The highest BCUT2D eigenvalue weighted by Crippen LogP contribution is 2.35. The largest absolute Gasteiger partial charge is 0.482 e. The number of nitrogens with one attached hydrogen (secondary N) is 3. The predicted molar refractivity (Wildman–Crippen MR) is 126 cm³/mol. The molecule has 4 amide bonds. The third-order valence-corrected chi connectivity index (χ3v) is 4.73. The van der Waals surface area contributed by atoms with Crippen LogP contribution in [0.1, 0.15) is 21.6 Å². The molecule has 0 aliphatic carbocycles. The Morgan fingerprint density at radius 3 is 2.38 bits per heavy atom. The molecule has 3 rings (SSSR count). The number of rotatable bonds is 9. The molecular formula is C24H22F3N5O5. The number of nitrogens with two attached hydrogens (primary N) is 1. The second-order valence-electron chi connectivity index (χ2n) is 7.47. The van der Waals surface area contributed by atoms with Crippen molar-refractivity contribution in [2.75, 3.05) is 19.0 Å². The van der Waals surface area contributed by atoms with Crippen LogP contribution in [0.15, 0.2) is 60.8 Å². The number of ether oxygens (including phenoxy) is 2. The van der Waals surface area contributed by atoms with Crippen LogP contribution in [-0.4, -0.2) is 36.5 Å². The minimum atomic E-state index is -4.65. The number of primary amides is 1. The highest BCUT2D eigenvalue weighted by molar-refractivity contribution is 5.92. The molecular weight excluding hydrogens is 495 g/mol. The molecule has 0 spiro atoms. The van der Waals surface area contributed by atoms with E-state index >= 15 is 0 Å². The third-order valence-electron chi connectivity index (χ3n) is 4.73. The van der Waals surface area contributed by atoms with Gasteiger partial charge in [0, 0.05) is 25.9 Å². The molecule has 5 N–H and O–H groups in total. The lowest BCUT2D eigenvalue weighted by Crippen LogP contribution is -2.29. The lowest BCUT2D eigenvalue weighted by molar-refractivity contribution is -0.137. The number of carbonyl (C=O) groups excluding carboxylic acids is 3. The quantitative estimate of drug-likeness (QED) is 0.342. The van der Waals surface area contributed by atoms with E-state index in [9.17, 15) is 27.6 Å². The molecule has 0 aliphatic rings. The van der Waals surface area contributed by atoms with Crippen molar-refractivity contribution in [3.8, 4) is 17.2 Å². The van der Waals surface area contributed by atoms with E-state index in [2.05, 4.69) is 20.9 Å². The summed E-state index contributed by atoms with van der Waals surface area (Å²) in [6.07, 6.45) is -3.22. The van der Waals surface area contributed by atoms with E-state index in [0.717, 1.165) is 12.1 Å². The number of hydrogen-bond donors (Lipinski definition) is 4. The Bertz CT molecular complexity index is 1280. The predicted octanol–water partition coefficient (Wildman–Crippen LogP) is 3.44. The second-order valence-corrected chi connectivity index (χ2v) is 7.47. The molecule has 0 bridgehead atoms. The highest BCUT2D eigenvalue weighted by Gasteiger charge is 2.31. The fourth-order valence-electron chi connectivity index (χ4n) is 2.97. The molecule has 1 heterocycles. The summed E-state index contributed by atoms with van der Waals surface area (Å²) >= 11 is 0. The zero-order chi connectivity index (χ0) is 27.0. The average molecular weight is 517 g/mol. The van der Waals surface area contributed by atoms with E-state index in [4.69, 9.17) is 15.2 Å². The number of halogens is 3. The number of aromatic nitrogens is 1. The summed E-state index contributed by atoms with van der Waals surface area (Å²) in [7, 11) is 1.49. The van der Waals surface area contributed by atoms with Gasteiger partial charge in [-0.15, -0.1) is 0 Å². The molecule has 0 saturated heterocycles. The fourth-order valence-corrected chi connectivity index (χ4v) is 2.97. The van der Waals surface area contributed by atoms with E-state index in [1.165, 1.54) is 19.3 Å². The molecule has 194 valence electrons. The molecule has 0 fully saturated rings. The third kappa shape index (κ3) is 7.85. The highest BCUT2D eigenvalue weighted by atomic mass is 19.4. The van der Waals surface area contributed by atoms with Gasteiger partial charge >= 0.3 is 12.2 Å².